The molecular weight excluding hydrogens is 804 g/mol. The fourth-order valence-electron chi connectivity index (χ4n) is 7.39. The van der Waals surface area contributed by atoms with Crippen molar-refractivity contribution in [3.8, 4) is 0 Å². The van der Waals surface area contributed by atoms with Crippen molar-refractivity contribution in [2.45, 2.75) is 238 Å². The number of quaternary nitrogens is 1. The van der Waals surface area contributed by atoms with E-state index in [2.05, 4.69) is 67.8 Å². The lowest BCUT2D eigenvalue weighted by molar-refractivity contribution is -0.870. The van der Waals surface area contributed by atoms with Gasteiger partial charge in [0, 0.05) is 6.42 Å². The maximum atomic E-state index is 12.9. The lowest BCUT2D eigenvalue weighted by Crippen LogP contribution is -2.45. The van der Waals surface area contributed by atoms with E-state index < -0.39 is 20.0 Å². The molecule has 0 spiro atoms. The molecule has 1 amide bonds. The first-order valence-electron chi connectivity index (χ1n) is 26.2. The van der Waals surface area contributed by atoms with Crippen molar-refractivity contribution in [1.82, 2.24) is 5.32 Å². The number of hydrogen-bond donors (Lipinski definition) is 3. The second-order valence-electron chi connectivity index (χ2n) is 18.9. The molecule has 0 heterocycles. The lowest BCUT2D eigenvalue weighted by Gasteiger charge is -2.25. The molecule has 0 saturated carbocycles. The summed E-state index contributed by atoms with van der Waals surface area (Å²) in [5, 5.41) is 13.9. The molecule has 0 aromatic rings. The Morgan fingerprint density at radius 3 is 1.40 bits per heavy atom. The van der Waals surface area contributed by atoms with E-state index in [1.165, 1.54) is 141 Å². The van der Waals surface area contributed by atoms with Gasteiger partial charge in [0.15, 0.2) is 0 Å². The average Bonchev–Trinajstić information content (AvgIpc) is 3.24. The fraction of sp³-hybridized carbons (Fsp3) is 0.796. The number of hydrogen-bond acceptors (Lipinski definition) is 5. The van der Waals surface area contributed by atoms with Gasteiger partial charge < -0.3 is 19.8 Å². The summed E-state index contributed by atoms with van der Waals surface area (Å²) >= 11 is 0. The third-order valence-corrected chi connectivity index (χ3v) is 12.5. The van der Waals surface area contributed by atoms with E-state index in [9.17, 15) is 19.4 Å². The molecule has 8 nitrogen and oxygen atoms in total. The number of aliphatic hydroxyl groups excluding tert-OH is 1. The van der Waals surface area contributed by atoms with Crippen LogP contribution in [0.2, 0.25) is 0 Å². The van der Waals surface area contributed by atoms with Crippen molar-refractivity contribution in [3.63, 3.8) is 0 Å². The monoisotopic (exact) mass is 906 g/mol. The second kappa shape index (κ2) is 45.4. The number of amides is 1. The predicted molar refractivity (Wildman–Crippen MR) is 272 cm³/mol. The van der Waals surface area contributed by atoms with E-state index in [-0.39, 0.29) is 19.1 Å². The van der Waals surface area contributed by atoms with Crippen LogP contribution in [0.15, 0.2) is 60.8 Å². The van der Waals surface area contributed by atoms with Gasteiger partial charge >= 0.3 is 7.82 Å². The van der Waals surface area contributed by atoms with Crippen LogP contribution < -0.4 is 5.32 Å². The van der Waals surface area contributed by atoms with Crippen molar-refractivity contribution in [3.05, 3.63) is 60.8 Å². The quantitative estimate of drug-likeness (QED) is 0.0243. The van der Waals surface area contributed by atoms with Gasteiger partial charge in [0.1, 0.15) is 13.2 Å². The highest BCUT2D eigenvalue weighted by Crippen LogP contribution is 2.43. The van der Waals surface area contributed by atoms with Crippen LogP contribution in [0.1, 0.15) is 226 Å². The van der Waals surface area contributed by atoms with E-state index in [4.69, 9.17) is 9.05 Å². The highest BCUT2D eigenvalue weighted by Gasteiger charge is 2.27. The van der Waals surface area contributed by atoms with Crippen LogP contribution in [0.5, 0.6) is 0 Å². The smallest absolute Gasteiger partial charge is 0.387 e. The van der Waals surface area contributed by atoms with Crippen LogP contribution in [0.3, 0.4) is 0 Å². The Morgan fingerprint density at radius 2 is 0.952 bits per heavy atom. The SMILES string of the molecule is CC/C=C\C/C=C\C/C=C\C/C=C\CCCCCCCCCCCCCCCCC(=O)NC(COP(=O)(O)OCC[N+](C)(C)C)C(O)/C=C/CCCCCCCCCCCCCC. The number of carbonyl (C=O) groups is 1. The normalized spacial score (nSPS) is 14.6. The number of carbonyl (C=O) groups excluding carboxylic acids is 1. The molecule has 0 aliphatic heterocycles. The largest absolute Gasteiger partial charge is 0.472 e. The molecule has 3 unspecified atom stereocenters. The zero-order valence-electron chi connectivity index (χ0n) is 41.8. The lowest BCUT2D eigenvalue weighted by atomic mass is 10.0. The summed E-state index contributed by atoms with van der Waals surface area (Å²) in [6.07, 6.45) is 60.2. The van der Waals surface area contributed by atoms with Crippen LogP contribution >= 0.6 is 7.82 Å². The molecular formula is C54H102N2O6P+. The molecule has 0 saturated heterocycles. The number of phosphoric ester groups is 1. The molecule has 0 rings (SSSR count). The minimum atomic E-state index is -4.34. The first kappa shape index (κ1) is 61.2. The Morgan fingerprint density at radius 1 is 0.556 bits per heavy atom. The summed E-state index contributed by atoms with van der Waals surface area (Å²) < 4.78 is 23.6. The maximum absolute atomic E-state index is 12.9. The van der Waals surface area contributed by atoms with Crippen LogP contribution in [0.4, 0.5) is 0 Å². The molecule has 0 aliphatic rings. The summed E-state index contributed by atoms with van der Waals surface area (Å²) in [6, 6.07) is -0.847. The second-order valence-corrected chi connectivity index (χ2v) is 20.3. The number of allylic oxidation sites excluding steroid dienone is 9. The predicted octanol–water partition coefficient (Wildman–Crippen LogP) is 15.4. The summed E-state index contributed by atoms with van der Waals surface area (Å²) in [4.78, 5) is 23.2. The van der Waals surface area contributed by atoms with Crippen molar-refractivity contribution < 1.29 is 32.9 Å². The molecule has 0 aromatic heterocycles. The average molecular weight is 906 g/mol. The Kier molecular flexibility index (Phi) is 44.1. The van der Waals surface area contributed by atoms with Gasteiger partial charge in [-0.15, -0.1) is 0 Å². The topological polar surface area (TPSA) is 105 Å². The zero-order chi connectivity index (χ0) is 46.4. The first-order valence-corrected chi connectivity index (χ1v) is 27.7. The molecule has 9 heteroatoms. The van der Waals surface area contributed by atoms with Crippen LogP contribution in [-0.4, -0.2) is 73.4 Å². The Bertz CT molecular complexity index is 1210. The van der Waals surface area contributed by atoms with E-state index in [0.717, 1.165) is 64.2 Å². The van der Waals surface area contributed by atoms with Gasteiger partial charge in [0.25, 0.3) is 0 Å². The molecule has 0 fully saturated rings. The fourth-order valence-corrected chi connectivity index (χ4v) is 8.12. The minimum absolute atomic E-state index is 0.0603. The van der Waals surface area contributed by atoms with Crippen LogP contribution in [0, 0.1) is 0 Å². The van der Waals surface area contributed by atoms with Crippen molar-refractivity contribution in [2.24, 2.45) is 0 Å². The number of aliphatic hydroxyl groups is 1. The first-order chi connectivity index (χ1) is 30.5. The van der Waals surface area contributed by atoms with Gasteiger partial charge in [-0.2, -0.15) is 0 Å². The van der Waals surface area contributed by atoms with Crippen molar-refractivity contribution in [2.75, 3.05) is 40.9 Å². The third-order valence-electron chi connectivity index (χ3n) is 11.5. The summed E-state index contributed by atoms with van der Waals surface area (Å²) in [7, 11) is 1.57. The zero-order valence-corrected chi connectivity index (χ0v) is 42.7. The Labute approximate surface area is 390 Å². The van der Waals surface area contributed by atoms with Crippen molar-refractivity contribution >= 4 is 13.7 Å². The summed E-state index contributed by atoms with van der Waals surface area (Å²) in [5.41, 5.74) is 0. The molecule has 3 N–H and O–H groups in total. The summed E-state index contributed by atoms with van der Waals surface area (Å²) in [5.74, 6) is -0.179. The molecule has 0 radical (unpaired) electrons. The number of nitrogens with zero attached hydrogens (tertiary/aromatic N) is 1. The van der Waals surface area contributed by atoms with Crippen LogP contribution in [-0.2, 0) is 18.4 Å². The molecule has 0 bridgehead atoms. The van der Waals surface area contributed by atoms with Gasteiger partial charge in [-0.1, -0.05) is 222 Å². The highest BCUT2D eigenvalue weighted by atomic mass is 31.2. The van der Waals surface area contributed by atoms with Gasteiger partial charge in [0.05, 0.1) is 39.9 Å². The number of likely N-dealkylation sites (N-methyl/N-ethyl adjacent to an activating group) is 1. The van der Waals surface area contributed by atoms with Gasteiger partial charge in [0.2, 0.25) is 5.91 Å². The van der Waals surface area contributed by atoms with Gasteiger partial charge in [-0.3, -0.25) is 13.8 Å². The molecule has 63 heavy (non-hydrogen) atoms. The third kappa shape index (κ3) is 48.0. The van der Waals surface area contributed by atoms with E-state index in [0.29, 0.717) is 17.4 Å². The molecule has 0 aliphatic carbocycles. The number of unbranched alkanes of at least 4 members (excludes halogenated alkanes) is 26. The van der Waals surface area contributed by atoms with E-state index in [1.807, 2.05) is 27.2 Å². The molecule has 3 atom stereocenters. The molecule has 0 aromatic carbocycles. The summed E-state index contributed by atoms with van der Waals surface area (Å²) in [6.45, 7) is 4.71. The Hall–Kier alpha value is -1.80. The van der Waals surface area contributed by atoms with Crippen LogP contribution in [0.25, 0.3) is 0 Å². The molecule has 368 valence electrons. The number of rotatable bonds is 47. The maximum Gasteiger partial charge on any atom is 0.472 e. The van der Waals surface area contributed by atoms with E-state index in [1.54, 1.807) is 6.08 Å². The van der Waals surface area contributed by atoms with Crippen molar-refractivity contribution in [1.29, 1.82) is 0 Å². The van der Waals surface area contributed by atoms with Gasteiger partial charge in [-0.05, 0) is 57.8 Å². The standard InChI is InChI=1S/C54H101N2O6P/c1-6-8-10-12-14-16-18-20-22-23-24-25-26-27-28-29-30-31-32-33-34-36-38-40-42-44-46-48-54(58)55-52(51-62-63(59,60)61-50-49-56(3,4)5)53(57)47-45-43-41-39-37-35-21-19-17-15-13-11-9-7-2/h8,10,14,16,20,22,24-25,45,47,52-53,57H,6-7,9,11-13,15,17-19,21,23,26-44,46,48-51H2,1-5H3,(H-,55,58,59,60)/p+1/b10-8-,16-14-,22-20-,25-24-,47-45+. The number of nitrogens with one attached hydrogen (secondary N) is 1. The van der Waals surface area contributed by atoms with Gasteiger partial charge in [-0.25, -0.2) is 4.57 Å². The minimum Gasteiger partial charge on any atom is -0.387 e. The van der Waals surface area contributed by atoms with E-state index >= 15 is 0 Å². The number of phosphoric acid groups is 1. The Balaban J connectivity index is 4.19. The highest BCUT2D eigenvalue weighted by molar-refractivity contribution is 7.47.